The molecule has 2 rings (SSSR count). The van der Waals surface area contributed by atoms with Gasteiger partial charge in [0, 0.05) is 31.4 Å². The summed E-state index contributed by atoms with van der Waals surface area (Å²) in [7, 11) is 0. The molecule has 0 aromatic heterocycles. The Bertz CT molecular complexity index is 629. The normalized spacial score (nSPS) is 21.7. The fourth-order valence-electron chi connectivity index (χ4n) is 2.56. The molecule has 23 heavy (non-hydrogen) atoms. The van der Waals surface area contributed by atoms with Crippen LogP contribution < -0.4 is 5.32 Å². The van der Waals surface area contributed by atoms with E-state index >= 15 is 0 Å². The van der Waals surface area contributed by atoms with E-state index in [0.717, 1.165) is 0 Å². The zero-order valence-electron chi connectivity index (χ0n) is 13.3. The number of nitrogens with zero attached hydrogens (tertiary/aromatic N) is 2. The second-order valence-corrected chi connectivity index (χ2v) is 5.61. The number of carbonyl (C=O) groups is 1. The minimum absolute atomic E-state index is 0.00244. The lowest BCUT2D eigenvalue weighted by Gasteiger charge is -2.35. The number of halogens is 1. The number of hydrogen-bond acceptors (Lipinski definition) is 4. The molecule has 1 heterocycles. The molecule has 6 heteroatoms. The highest BCUT2D eigenvalue weighted by molar-refractivity contribution is 5.97. The molecule has 1 aliphatic heterocycles. The highest BCUT2D eigenvalue weighted by Gasteiger charge is 2.27. The van der Waals surface area contributed by atoms with Crippen molar-refractivity contribution in [2.24, 2.45) is 0 Å². The van der Waals surface area contributed by atoms with Crippen molar-refractivity contribution >= 4 is 5.91 Å². The maximum Gasteiger partial charge on any atom is 0.266 e. The molecule has 2 atom stereocenters. The van der Waals surface area contributed by atoms with E-state index in [1.165, 1.54) is 12.3 Å². The third-order valence-electron chi connectivity index (χ3n) is 3.55. The molecule has 5 nitrogen and oxygen atoms in total. The van der Waals surface area contributed by atoms with E-state index in [4.69, 9.17) is 4.74 Å². The van der Waals surface area contributed by atoms with Crippen LogP contribution in [0.2, 0.25) is 0 Å². The van der Waals surface area contributed by atoms with Gasteiger partial charge in [0.25, 0.3) is 5.91 Å². The SMILES string of the molecule is CC1CN(C(=O)/C(C#N)=C\NCc2ccccc2F)CC(C)O1. The molecule has 1 aliphatic rings. The lowest BCUT2D eigenvalue weighted by Crippen LogP contribution is -2.48. The van der Waals surface area contributed by atoms with Gasteiger partial charge in [-0.05, 0) is 19.9 Å². The molecule has 1 aromatic carbocycles. The van der Waals surface area contributed by atoms with Gasteiger partial charge in [-0.3, -0.25) is 4.79 Å². The van der Waals surface area contributed by atoms with Crippen molar-refractivity contribution in [2.45, 2.75) is 32.6 Å². The average molecular weight is 317 g/mol. The van der Waals surface area contributed by atoms with Crippen LogP contribution in [0.5, 0.6) is 0 Å². The van der Waals surface area contributed by atoms with Gasteiger partial charge in [0.05, 0.1) is 12.2 Å². The van der Waals surface area contributed by atoms with Crippen LogP contribution in [0.4, 0.5) is 4.39 Å². The maximum atomic E-state index is 13.5. The van der Waals surface area contributed by atoms with Gasteiger partial charge < -0.3 is 15.0 Å². The number of rotatable bonds is 4. The van der Waals surface area contributed by atoms with Crippen LogP contribution in [0.1, 0.15) is 19.4 Å². The van der Waals surface area contributed by atoms with Crippen LogP contribution in [0.3, 0.4) is 0 Å². The molecular weight excluding hydrogens is 297 g/mol. The predicted octanol–water partition coefficient (Wildman–Crippen LogP) is 1.96. The molecule has 1 amide bonds. The van der Waals surface area contributed by atoms with Crippen molar-refractivity contribution in [1.29, 1.82) is 5.26 Å². The second kappa shape index (κ2) is 7.75. The summed E-state index contributed by atoms with van der Waals surface area (Å²) in [5, 5.41) is 12.0. The molecule has 0 aliphatic carbocycles. The second-order valence-electron chi connectivity index (χ2n) is 5.61. The first-order chi connectivity index (χ1) is 11.0. The molecule has 0 spiro atoms. The standard InChI is InChI=1S/C17H20FN3O2/c1-12-10-21(11-13(2)23-12)17(22)15(7-19)9-20-8-14-5-3-4-6-16(14)18/h3-6,9,12-13,20H,8,10-11H2,1-2H3/b15-9-. The number of amides is 1. The summed E-state index contributed by atoms with van der Waals surface area (Å²) in [5.41, 5.74) is 0.477. The maximum absolute atomic E-state index is 13.5. The number of nitriles is 1. The Hall–Kier alpha value is -2.39. The molecule has 122 valence electrons. The highest BCUT2D eigenvalue weighted by atomic mass is 19.1. The van der Waals surface area contributed by atoms with E-state index in [0.29, 0.717) is 18.7 Å². The van der Waals surface area contributed by atoms with Gasteiger partial charge in [-0.25, -0.2) is 4.39 Å². The summed E-state index contributed by atoms with van der Waals surface area (Å²) in [6, 6.07) is 8.26. The Morgan fingerprint density at radius 3 is 2.70 bits per heavy atom. The number of morpholine rings is 1. The molecule has 1 fully saturated rings. The van der Waals surface area contributed by atoms with E-state index in [2.05, 4.69) is 5.32 Å². The zero-order valence-corrected chi connectivity index (χ0v) is 13.3. The van der Waals surface area contributed by atoms with Crippen molar-refractivity contribution in [3.63, 3.8) is 0 Å². The van der Waals surface area contributed by atoms with Gasteiger partial charge in [0.15, 0.2) is 0 Å². The Labute approximate surface area is 135 Å². The van der Waals surface area contributed by atoms with Crippen LogP contribution in [-0.2, 0) is 16.1 Å². The van der Waals surface area contributed by atoms with Gasteiger partial charge in [-0.15, -0.1) is 0 Å². The Morgan fingerprint density at radius 1 is 1.43 bits per heavy atom. The summed E-state index contributed by atoms with van der Waals surface area (Å²) >= 11 is 0. The zero-order chi connectivity index (χ0) is 16.8. The fourth-order valence-corrected chi connectivity index (χ4v) is 2.56. The van der Waals surface area contributed by atoms with Gasteiger partial charge >= 0.3 is 0 Å². The molecule has 1 N–H and O–H groups in total. The van der Waals surface area contributed by atoms with Crippen LogP contribution in [0.25, 0.3) is 0 Å². The van der Waals surface area contributed by atoms with Gasteiger partial charge in [-0.2, -0.15) is 5.26 Å². The number of hydrogen-bond donors (Lipinski definition) is 1. The first-order valence-electron chi connectivity index (χ1n) is 7.53. The van der Waals surface area contributed by atoms with E-state index in [1.807, 2.05) is 19.9 Å². The van der Waals surface area contributed by atoms with Gasteiger partial charge in [0.2, 0.25) is 0 Å². The van der Waals surface area contributed by atoms with Crippen molar-refractivity contribution in [3.8, 4) is 6.07 Å². The number of carbonyl (C=O) groups excluding carboxylic acids is 1. The first-order valence-corrected chi connectivity index (χ1v) is 7.53. The van der Waals surface area contributed by atoms with Crippen LogP contribution in [0.15, 0.2) is 36.0 Å². The summed E-state index contributed by atoms with van der Waals surface area (Å²) in [6.07, 6.45) is 1.22. The van der Waals surface area contributed by atoms with Crippen LogP contribution >= 0.6 is 0 Å². The Morgan fingerprint density at radius 2 is 2.09 bits per heavy atom. The fraction of sp³-hybridized carbons (Fsp3) is 0.412. The molecule has 1 aromatic rings. The topological polar surface area (TPSA) is 65.4 Å². The van der Waals surface area contributed by atoms with Crippen molar-refractivity contribution in [3.05, 3.63) is 47.4 Å². The molecular formula is C17H20FN3O2. The van der Waals surface area contributed by atoms with E-state index in [9.17, 15) is 14.4 Å². The minimum atomic E-state index is -0.337. The number of ether oxygens (including phenoxy) is 1. The number of benzene rings is 1. The van der Waals surface area contributed by atoms with Crippen molar-refractivity contribution in [1.82, 2.24) is 10.2 Å². The Balaban J connectivity index is 2.00. The lowest BCUT2D eigenvalue weighted by atomic mass is 10.2. The molecule has 0 bridgehead atoms. The molecule has 0 saturated carbocycles. The quantitative estimate of drug-likeness (QED) is 0.681. The van der Waals surface area contributed by atoms with Gasteiger partial charge in [-0.1, -0.05) is 18.2 Å². The molecule has 1 saturated heterocycles. The van der Waals surface area contributed by atoms with E-state index < -0.39 is 0 Å². The smallest absolute Gasteiger partial charge is 0.266 e. The van der Waals surface area contributed by atoms with Crippen molar-refractivity contribution < 1.29 is 13.9 Å². The summed E-state index contributed by atoms with van der Waals surface area (Å²) < 4.78 is 19.1. The molecule has 0 radical (unpaired) electrons. The highest BCUT2D eigenvalue weighted by Crippen LogP contribution is 2.13. The summed E-state index contributed by atoms with van der Waals surface area (Å²) in [6.45, 7) is 4.90. The monoisotopic (exact) mass is 317 g/mol. The van der Waals surface area contributed by atoms with E-state index in [1.54, 1.807) is 23.1 Å². The minimum Gasteiger partial charge on any atom is -0.385 e. The average Bonchev–Trinajstić information content (AvgIpc) is 2.51. The van der Waals surface area contributed by atoms with E-state index in [-0.39, 0.29) is 36.1 Å². The van der Waals surface area contributed by atoms with Crippen LogP contribution in [0, 0.1) is 17.1 Å². The van der Waals surface area contributed by atoms with Crippen molar-refractivity contribution in [2.75, 3.05) is 13.1 Å². The third-order valence-corrected chi connectivity index (χ3v) is 3.55. The third kappa shape index (κ3) is 4.54. The number of nitrogens with one attached hydrogen (secondary N) is 1. The first kappa shape index (κ1) is 17.0. The van der Waals surface area contributed by atoms with Crippen LogP contribution in [-0.4, -0.2) is 36.1 Å². The Kier molecular flexibility index (Phi) is 5.72. The summed E-state index contributed by atoms with van der Waals surface area (Å²) in [4.78, 5) is 14.0. The lowest BCUT2D eigenvalue weighted by molar-refractivity contribution is -0.138. The summed E-state index contributed by atoms with van der Waals surface area (Å²) in [5.74, 6) is -0.662. The largest absolute Gasteiger partial charge is 0.385 e. The molecule has 2 unspecified atom stereocenters. The van der Waals surface area contributed by atoms with Gasteiger partial charge in [0.1, 0.15) is 17.5 Å². The predicted molar refractivity (Wildman–Crippen MR) is 83.5 cm³/mol.